The SMILES string of the molecule is O=C(O)CCC(Cc1ccccc1)NC(=O)N1CCC2(CC1)OCCO2. The predicted molar refractivity (Wildman–Crippen MR) is 94.8 cm³/mol. The lowest BCUT2D eigenvalue weighted by atomic mass is 10.0. The van der Waals surface area contributed by atoms with Crippen LogP contribution in [0.1, 0.15) is 31.2 Å². The zero-order valence-electron chi connectivity index (χ0n) is 14.9. The third-order valence-electron chi connectivity index (χ3n) is 4.99. The number of nitrogens with zero attached hydrogens (tertiary/aromatic N) is 1. The topological polar surface area (TPSA) is 88.1 Å². The van der Waals surface area contributed by atoms with E-state index in [4.69, 9.17) is 14.6 Å². The standard InChI is InChI=1S/C19H26N2O5/c22-17(23)7-6-16(14-15-4-2-1-3-5-15)20-18(24)21-10-8-19(9-11-21)25-12-13-26-19/h1-5,16H,6-14H2,(H,20,24)(H,22,23). The molecule has 3 rings (SSSR count). The molecule has 0 bridgehead atoms. The zero-order chi connectivity index (χ0) is 18.4. The van der Waals surface area contributed by atoms with Gasteiger partial charge in [-0.1, -0.05) is 30.3 Å². The van der Waals surface area contributed by atoms with Crippen molar-refractivity contribution in [3.05, 3.63) is 35.9 Å². The third kappa shape index (κ3) is 4.95. The molecule has 2 amide bonds. The van der Waals surface area contributed by atoms with Crippen molar-refractivity contribution >= 4 is 12.0 Å². The van der Waals surface area contributed by atoms with Gasteiger partial charge in [0.1, 0.15) is 0 Å². The second-order valence-electron chi connectivity index (χ2n) is 6.86. The van der Waals surface area contributed by atoms with Gasteiger partial charge in [0, 0.05) is 38.4 Å². The molecule has 2 aliphatic rings. The second-order valence-corrected chi connectivity index (χ2v) is 6.86. The van der Waals surface area contributed by atoms with Crippen molar-refractivity contribution in [3.63, 3.8) is 0 Å². The highest BCUT2D eigenvalue weighted by atomic mass is 16.7. The van der Waals surface area contributed by atoms with E-state index in [2.05, 4.69) is 5.32 Å². The first-order chi connectivity index (χ1) is 12.6. The fraction of sp³-hybridized carbons (Fsp3) is 0.579. The minimum Gasteiger partial charge on any atom is -0.481 e. The van der Waals surface area contributed by atoms with Gasteiger partial charge in [0.15, 0.2) is 5.79 Å². The maximum atomic E-state index is 12.6. The van der Waals surface area contributed by atoms with Crippen LogP contribution in [0.5, 0.6) is 0 Å². The van der Waals surface area contributed by atoms with Gasteiger partial charge in [-0.2, -0.15) is 0 Å². The lowest BCUT2D eigenvalue weighted by Gasteiger charge is -2.38. The normalized spacial score (nSPS) is 20.1. The third-order valence-corrected chi connectivity index (χ3v) is 4.99. The Kier molecular flexibility index (Phi) is 6.11. The Hall–Kier alpha value is -2.12. The highest BCUT2D eigenvalue weighted by molar-refractivity contribution is 5.75. The molecule has 1 spiro atoms. The zero-order valence-corrected chi connectivity index (χ0v) is 14.9. The summed E-state index contributed by atoms with van der Waals surface area (Å²) >= 11 is 0. The van der Waals surface area contributed by atoms with Gasteiger partial charge in [0.2, 0.25) is 0 Å². The Labute approximate surface area is 153 Å². The van der Waals surface area contributed by atoms with Gasteiger partial charge < -0.3 is 24.8 Å². The van der Waals surface area contributed by atoms with Gasteiger partial charge in [-0.15, -0.1) is 0 Å². The van der Waals surface area contributed by atoms with E-state index in [1.807, 2.05) is 30.3 Å². The van der Waals surface area contributed by atoms with Gasteiger partial charge >= 0.3 is 12.0 Å². The molecule has 2 heterocycles. The Bertz CT molecular complexity index is 606. The van der Waals surface area contributed by atoms with Crippen molar-refractivity contribution in [1.82, 2.24) is 10.2 Å². The predicted octanol–water partition coefficient (Wildman–Crippen LogP) is 2.01. The molecule has 26 heavy (non-hydrogen) atoms. The summed E-state index contributed by atoms with van der Waals surface area (Å²) in [5, 5.41) is 12.0. The number of carbonyl (C=O) groups is 2. The van der Waals surface area contributed by atoms with Crippen LogP contribution in [0.15, 0.2) is 30.3 Å². The van der Waals surface area contributed by atoms with E-state index >= 15 is 0 Å². The van der Waals surface area contributed by atoms with E-state index in [0.29, 0.717) is 52.0 Å². The molecule has 7 heteroatoms. The molecule has 2 saturated heterocycles. The van der Waals surface area contributed by atoms with Crippen molar-refractivity contribution in [2.45, 2.75) is 43.9 Å². The molecule has 7 nitrogen and oxygen atoms in total. The fourth-order valence-electron chi connectivity index (χ4n) is 3.52. The van der Waals surface area contributed by atoms with E-state index in [1.54, 1.807) is 4.90 Å². The summed E-state index contributed by atoms with van der Waals surface area (Å²) in [4.78, 5) is 25.3. The van der Waals surface area contributed by atoms with Gasteiger partial charge in [0.05, 0.1) is 13.2 Å². The van der Waals surface area contributed by atoms with E-state index in [1.165, 1.54) is 0 Å². The highest BCUT2D eigenvalue weighted by Gasteiger charge is 2.40. The second kappa shape index (κ2) is 8.51. The Morgan fingerprint density at radius 1 is 1.15 bits per heavy atom. The van der Waals surface area contributed by atoms with Gasteiger partial charge in [-0.25, -0.2) is 4.79 Å². The van der Waals surface area contributed by atoms with Crippen molar-refractivity contribution < 1.29 is 24.2 Å². The number of carbonyl (C=O) groups excluding carboxylic acids is 1. The number of urea groups is 1. The van der Waals surface area contributed by atoms with E-state index < -0.39 is 11.8 Å². The number of benzene rings is 1. The molecular weight excluding hydrogens is 336 g/mol. The summed E-state index contributed by atoms with van der Waals surface area (Å²) in [5.74, 6) is -1.36. The molecule has 0 aromatic heterocycles. The average molecular weight is 362 g/mol. The van der Waals surface area contributed by atoms with Crippen LogP contribution in [-0.4, -0.2) is 60.1 Å². The van der Waals surface area contributed by atoms with Crippen molar-refractivity contribution in [1.29, 1.82) is 0 Å². The summed E-state index contributed by atoms with van der Waals surface area (Å²) in [7, 11) is 0. The number of hydrogen-bond donors (Lipinski definition) is 2. The lowest BCUT2D eigenvalue weighted by Crippen LogP contribution is -2.52. The minimum atomic E-state index is -0.854. The van der Waals surface area contributed by atoms with Crippen LogP contribution in [-0.2, 0) is 20.7 Å². The fourth-order valence-corrected chi connectivity index (χ4v) is 3.52. The molecule has 1 aromatic rings. The maximum absolute atomic E-state index is 12.6. The van der Waals surface area contributed by atoms with Gasteiger partial charge in [-0.05, 0) is 18.4 Å². The summed E-state index contributed by atoms with van der Waals surface area (Å²) in [6.07, 6.45) is 2.38. The number of likely N-dealkylation sites (tertiary alicyclic amines) is 1. The molecule has 0 saturated carbocycles. The number of hydrogen-bond acceptors (Lipinski definition) is 4. The molecule has 1 unspecified atom stereocenters. The monoisotopic (exact) mass is 362 g/mol. The average Bonchev–Trinajstić information content (AvgIpc) is 3.09. The minimum absolute atomic E-state index is 0.0303. The van der Waals surface area contributed by atoms with Crippen LogP contribution < -0.4 is 5.32 Å². The largest absolute Gasteiger partial charge is 0.481 e. The van der Waals surface area contributed by atoms with Crippen LogP contribution >= 0.6 is 0 Å². The number of amides is 2. The number of nitrogens with one attached hydrogen (secondary N) is 1. The molecule has 0 aliphatic carbocycles. The smallest absolute Gasteiger partial charge is 0.317 e. The number of carboxylic acid groups (broad SMARTS) is 1. The van der Waals surface area contributed by atoms with Gasteiger partial charge in [-0.3, -0.25) is 4.79 Å². The number of piperidine rings is 1. The summed E-state index contributed by atoms with van der Waals surface area (Å²) in [6.45, 7) is 2.37. The molecular formula is C19H26N2O5. The first-order valence-corrected chi connectivity index (χ1v) is 9.15. The van der Waals surface area contributed by atoms with E-state index in [0.717, 1.165) is 5.56 Å². The van der Waals surface area contributed by atoms with E-state index in [9.17, 15) is 9.59 Å². The number of carboxylic acids is 1. The van der Waals surface area contributed by atoms with Crippen molar-refractivity contribution in [3.8, 4) is 0 Å². The number of aliphatic carboxylic acids is 1. The summed E-state index contributed by atoms with van der Waals surface area (Å²) < 4.78 is 11.4. The molecule has 2 fully saturated rings. The molecule has 2 aliphatic heterocycles. The number of rotatable bonds is 6. The van der Waals surface area contributed by atoms with Crippen LogP contribution in [0.3, 0.4) is 0 Å². The first-order valence-electron chi connectivity index (χ1n) is 9.15. The molecule has 1 aromatic carbocycles. The van der Waals surface area contributed by atoms with Crippen molar-refractivity contribution in [2.75, 3.05) is 26.3 Å². The van der Waals surface area contributed by atoms with Crippen LogP contribution in [0, 0.1) is 0 Å². The highest BCUT2D eigenvalue weighted by Crippen LogP contribution is 2.31. The Balaban J connectivity index is 1.55. The first kappa shape index (κ1) is 18.7. The van der Waals surface area contributed by atoms with Crippen LogP contribution in [0.2, 0.25) is 0 Å². The van der Waals surface area contributed by atoms with Crippen LogP contribution in [0.25, 0.3) is 0 Å². The quantitative estimate of drug-likeness (QED) is 0.808. The van der Waals surface area contributed by atoms with Crippen molar-refractivity contribution in [2.24, 2.45) is 0 Å². The Morgan fingerprint density at radius 3 is 2.42 bits per heavy atom. The molecule has 0 radical (unpaired) electrons. The lowest BCUT2D eigenvalue weighted by molar-refractivity contribution is -0.181. The Morgan fingerprint density at radius 2 is 1.81 bits per heavy atom. The maximum Gasteiger partial charge on any atom is 0.317 e. The van der Waals surface area contributed by atoms with E-state index in [-0.39, 0.29) is 18.5 Å². The number of ether oxygens (including phenoxy) is 2. The van der Waals surface area contributed by atoms with Crippen LogP contribution in [0.4, 0.5) is 4.79 Å². The molecule has 1 atom stereocenters. The van der Waals surface area contributed by atoms with Gasteiger partial charge in [0.25, 0.3) is 0 Å². The summed E-state index contributed by atoms with van der Waals surface area (Å²) in [5.41, 5.74) is 1.08. The summed E-state index contributed by atoms with van der Waals surface area (Å²) in [6, 6.07) is 9.43. The molecule has 142 valence electrons. The molecule has 2 N–H and O–H groups in total.